The number of ether oxygens (including phenoxy) is 3. The third-order valence-corrected chi connectivity index (χ3v) is 5.49. The molecule has 1 heterocycles. The molecular formula is C24H22N2O4S. The van der Waals surface area contributed by atoms with Crippen molar-refractivity contribution in [3.8, 4) is 17.2 Å². The van der Waals surface area contributed by atoms with Crippen LogP contribution in [0.1, 0.15) is 21.6 Å². The maximum Gasteiger partial charge on any atom is 0.251 e. The monoisotopic (exact) mass is 434 g/mol. The Morgan fingerprint density at radius 2 is 1.81 bits per heavy atom. The summed E-state index contributed by atoms with van der Waals surface area (Å²) in [6.07, 6.45) is 0. The molecule has 0 fully saturated rings. The highest BCUT2D eigenvalue weighted by Crippen LogP contribution is 2.29. The number of hydrogen-bond acceptors (Lipinski definition) is 6. The minimum absolute atomic E-state index is 0.181. The second kappa shape index (κ2) is 9.49. The van der Waals surface area contributed by atoms with Gasteiger partial charge in [0.15, 0.2) is 11.5 Å². The van der Waals surface area contributed by atoms with Crippen LogP contribution < -0.4 is 19.5 Å². The van der Waals surface area contributed by atoms with Crippen LogP contribution in [0.5, 0.6) is 17.2 Å². The maximum absolute atomic E-state index is 12.7. The van der Waals surface area contributed by atoms with Crippen LogP contribution in [0.2, 0.25) is 0 Å². The van der Waals surface area contributed by atoms with Crippen molar-refractivity contribution in [1.29, 1.82) is 0 Å². The van der Waals surface area contributed by atoms with Gasteiger partial charge < -0.3 is 19.5 Å². The van der Waals surface area contributed by atoms with Gasteiger partial charge in [-0.15, -0.1) is 11.3 Å². The first-order chi connectivity index (χ1) is 15.2. The fourth-order valence-corrected chi connectivity index (χ4v) is 3.73. The maximum atomic E-state index is 12.7. The molecule has 4 rings (SSSR count). The third-order valence-electron chi connectivity index (χ3n) is 4.85. The van der Waals surface area contributed by atoms with E-state index in [1.54, 1.807) is 37.9 Å². The molecular weight excluding hydrogens is 412 g/mol. The molecule has 3 aromatic carbocycles. The van der Waals surface area contributed by atoms with Gasteiger partial charge in [0.2, 0.25) is 0 Å². The summed E-state index contributed by atoms with van der Waals surface area (Å²) < 4.78 is 16.4. The Hall–Kier alpha value is -3.58. The van der Waals surface area contributed by atoms with Gasteiger partial charge in [0.1, 0.15) is 12.4 Å². The molecule has 6 nitrogen and oxygen atoms in total. The summed E-state index contributed by atoms with van der Waals surface area (Å²) in [4.78, 5) is 16.9. The number of nitrogens with one attached hydrogen (secondary N) is 1. The minimum atomic E-state index is -0.181. The van der Waals surface area contributed by atoms with E-state index in [0.717, 1.165) is 27.8 Å². The van der Waals surface area contributed by atoms with Crippen molar-refractivity contribution < 1.29 is 19.0 Å². The lowest BCUT2D eigenvalue weighted by molar-refractivity contribution is 0.0950. The number of benzene rings is 3. The molecule has 1 aromatic heterocycles. The number of rotatable bonds is 8. The van der Waals surface area contributed by atoms with Crippen LogP contribution in [0.3, 0.4) is 0 Å². The van der Waals surface area contributed by atoms with E-state index in [9.17, 15) is 4.79 Å². The standard InChI is InChI=1S/C24H22N2O4S/c1-28-21-7-5-17-9-16(3-4-18(17)10-21)12-25-24(27)19-6-8-22(23(11-19)29-2)30-13-20-14-31-15-26-20/h3-11,14-15H,12-13H2,1-2H3,(H,25,27). The van der Waals surface area contributed by atoms with Gasteiger partial charge in [-0.3, -0.25) is 4.79 Å². The molecule has 1 amide bonds. The predicted molar refractivity (Wildman–Crippen MR) is 121 cm³/mol. The Morgan fingerprint density at radius 1 is 0.968 bits per heavy atom. The van der Waals surface area contributed by atoms with Crippen LogP contribution in [0.25, 0.3) is 10.8 Å². The minimum Gasteiger partial charge on any atom is -0.497 e. The summed E-state index contributed by atoms with van der Waals surface area (Å²) in [6, 6.07) is 17.1. The molecule has 0 aliphatic carbocycles. The molecule has 0 saturated carbocycles. The summed E-state index contributed by atoms with van der Waals surface area (Å²) >= 11 is 1.52. The lowest BCUT2D eigenvalue weighted by Crippen LogP contribution is -2.22. The van der Waals surface area contributed by atoms with Crippen molar-refractivity contribution in [3.05, 3.63) is 82.3 Å². The lowest BCUT2D eigenvalue weighted by Gasteiger charge is -2.12. The summed E-state index contributed by atoms with van der Waals surface area (Å²) in [7, 11) is 3.20. The Morgan fingerprint density at radius 3 is 2.58 bits per heavy atom. The van der Waals surface area contributed by atoms with Gasteiger partial charge in [-0.1, -0.05) is 18.2 Å². The summed E-state index contributed by atoms with van der Waals surface area (Å²) in [6.45, 7) is 0.768. The topological polar surface area (TPSA) is 69.7 Å². The molecule has 0 radical (unpaired) electrons. The highest BCUT2D eigenvalue weighted by Gasteiger charge is 2.12. The zero-order chi connectivity index (χ0) is 21.6. The number of thiazole rings is 1. The second-order valence-electron chi connectivity index (χ2n) is 6.86. The van der Waals surface area contributed by atoms with Crippen molar-refractivity contribution in [2.75, 3.05) is 14.2 Å². The van der Waals surface area contributed by atoms with Crippen molar-refractivity contribution >= 4 is 28.0 Å². The van der Waals surface area contributed by atoms with Gasteiger partial charge in [-0.05, 0) is 52.7 Å². The molecule has 0 saturated heterocycles. The van der Waals surface area contributed by atoms with E-state index in [2.05, 4.69) is 16.4 Å². The molecule has 0 atom stereocenters. The Labute approximate surface area is 184 Å². The van der Waals surface area contributed by atoms with Crippen LogP contribution in [-0.4, -0.2) is 25.1 Å². The van der Waals surface area contributed by atoms with Crippen LogP contribution in [0, 0.1) is 0 Å². The van der Waals surface area contributed by atoms with E-state index < -0.39 is 0 Å². The van der Waals surface area contributed by atoms with Crippen molar-refractivity contribution in [2.24, 2.45) is 0 Å². The highest BCUT2D eigenvalue weighted by atomic mass is 32.1. The summed E-state index contributed by atoms with van der Waals surface area (Å²) in [5.74, 6) is 1.71. The van der Waals surface area contributed by atoms with Crippen LogP contribution in [-0.2, 0) is 13.2 Å². The van der Waals surface area contributed by atoms with E-state index in [0.29, 0.717) is 30.2 Å². The zero-order valence-corrected chi connectivity index (χ0v) is 18.1. The van der Waals surface area contributed by atoms with E-state index in [4.69, 9.17) is 14.2 Å². The molecule has 7 heteroatoms. The predicted octanol–water partition coefficient (Wildman–Crippen LogP) is 4.82. The number of fused-ring (bicyclic) bond motifs is 1. The van der Waals surface area contributed by atoms with Crippen molar-refractivity contribution in [3.63, 3.8) is 0 Å². The summed E-state index contributed by atoms with van der Waals surface area (Å²) in [5.41, 5.74) is 4.13. The van der Waals surface area contributed by atoms with Crippen molar-refractivity contribution in [2.45, 2.75) is 13.2 Å². The van der Waals surface area contributed by atoms with Crippen LogP contribution in [0.4, 0.5) is 0 Å². The molecule has 1 N–H and O–H groups in total. The number of aromatic nitrogens is 1. The molecule has 158 valence electrons. The van der Waals surface area contributed by atoms with Gasteiger partial charge >= 0.3 is 0 Å². The van der Waals surface area contributed by atoms with E-state index in [-0.39, 0.29) is 5.91 Å². The van der Waals surface area contributed by atoms with E-state index in [1.807, 2.05) is 35.7 Å². The second-order valence-corrected chi connectivity index (χ2v) is 7.58. The quantitative estimate of drug-likeness (QED) is 0.430. The number of carbonyl (C=O) groups is 1. The van der Waals surface area contributed by atoms with Crippen LogP contribution in [0.15, 0.2) is 65.5 Å². The van der Waals surface area contributed by atoms with Gasteiger partial charge in [0.05, 0.1) is 25.4 Å². The Kier molecular flexibility index (Phi) is 6.33. The Balaban J connectivity index is 1.41. The molecule has 0 spiro atoms. The SMILES string of the molecule is COc1ccc2cc(CNC(=O)c3ccc(OCc4cscn4)c(OC)c3)ccc2c1. The molecule has 0 aliphatic heterocycles. The normalized spacial score (nSPS) is 10.6. The van der Waals surface area contributed by atoms with E-state index in [1.165, 1.54) is 11.3 Å². The van der Waals surface area contributed by atoms with Gasteiger partial charge in [0.25, 0.3) is 5.91 Å². The van der Waals surface area contributed by atoms with Crippen molar-refractivity contribution in [1.82, 2.24) is 10.3 Å². The lowest BCUT2D eigenvalue weighted by atomic mass is 10.1. The molecule has 0 aliphatic rings. The average molecular weight is 435 g/mol. The molecule has 0 unspecified atom stereocenters. The number of methoxy groups -OCH3 is 2. The first-order valence-electron chi connectivity index (χ1n) is 9.69. The number of nitrogens with zero attached hydrogens (tertiary/aromatic N) is 1. The average Bonchev–Trinajstić information content (AvgIpc) is 3.34. The number of amides is 1. The highest BCUT2D eigenvalue weighted by molar-refractivity contribution is 7.07. The smallest absolute Gasteiger partial charge is 0.251 e. The third kappa shape index (κ3) is 4.95. The van der Waals surface area contributed by atoms with Crippen LogP contribution >= 0.6 is 11.3 Å². The molecule has 0 bridgehead atoms. The molecule has 4 aromatic rings. The number of carbonyl (C=O) groups excluding carboxylic acids is 1. The summed E-state index contributed by atoms with van der Waals surface area (Å²) in [5, 5.41) is 7.07. The first kappa shape index (κ1) is 20.7. The van der Waals surface area contributed by atoms with Gasteiger partial charge in [-0.2, -0.15) is 0 Å². The van der Waals surface area contributed by atoms with Gasteiger partial charge in [0, 0.05) is 17.5 Å². The fraction of sp³-hybridized carbons (Fsp3) is 0.167. The molecule has 31 heavy (non-hydrogen) atoms. The first-order valence-corrected chi connectivity index (χ1v) is 10.6. The number of hydrogen-bond donors (Lipinski definition) is 1. The Bertz CT molecular complexity index is 1190. The van der Waals surface area contributed by atoms with E-state index >= 15 is 0 Å². The zero-order valence-electron chi connectivity index (χ0n) is 17.3. The largest absolute Gasteiger partial charge is 0.497 e. The fourth-order valence-electron chi connectivity index (χ4n) is 3.18. The van der Waals surface area contributed by atoms with Gasteiger partial charge in [-0.25, -0.2) is 4.98 Å².